The van der Waals surface area contributed by atoms with Gasteiger partial charge in [-0.1, -0.05) is 40.0 Å². The Morgan fingerprint density at radius 2 is 1.83 bits per heavy atom. The van der Waals surface area contributed by atoms with Gasteiger partial charge in [0.2, 0.25) is 11.8 Å². The van der Waals surface area contributed by atoms with Crippen molar-refractivity contribution in [3.05, 3.63) is 0 Å². The Kier molecular flexibility index (Phi) is 12.4. The number of nitrogens with one attached hydrogen (secondary N) is 2. The van der Waals surface area contributed by atoms with Crippen molar-refractivity contribution in [1.82, 2.24) is 20.6 Å². The van der Waals surface area contributed by atoms with Crippen molar-refractivity contribution in [3.8, 4) is 0 Å². The molecule has 5 unspecified atom stereocenters. The molecule has 0 radical (unpaired) electrons. The molecule has 1 heterocycles. The lowest BCUT2D eigenvalue weighted by Crippen LogP contribution is -2.62. The van der Waals surface area contributed by atoms with E-state index in [0.717, 1.165) is 57.9 Å². The number of likely N-dealkylation sites (N-methyl/N-ethyl adjacent to an activating group) is 1. The number of aliphatic hydroxyl groups is 2. The van der Waals surface area contributed by atoms with Gasteiger partial charge in [0.1, 0.15) is 12.1 Å². The van der Waals surface area contributed by atoms with E-state index >= 15 is 0 Å². The van der Waals surface area contributed by atoms with E-state index < -0.39 is 24.2 Å². The summed E-state index contributed by atoms with van der Waals surface area (Å²) in [6.45, 7) is 13.1. The van der Waals surface area contributed by atoms with Gasteiger partial charge in [-0.05, 0) is 101 Å². The summed E-state index contributed by atoms with van der Waals surface area (Å²) in [6.07, 6.45) is 7.92. The number of nitrogens with zero attached hydrogens (tertiary/aromatic N) is 2. The van der Waals surface area contributed by atoms with E-state index in [1.54, 1.807) is 12.0 Å². The van der Waals surface area contributed by atoms with Gasteiger partial charge in [0.05, 0.1) is 18.8 Å². The lowest BCUT2D eigenvalue weighted by Gasteiger charge is -2.62. The fraction of sp³-hybridized carbons (Fsp3) is 0.946. The standard InChI is InChI=1S/C37H66N4O6/c1-8-46-34-26(13-10-14-28(34)24-11-9-12-25(17-24)35(44)38-15-16-40(6)7)20-41-33(32(23(3)43)31(21-42)47-41)36(45)39-30-19-27-18-29(22(30)2)37(27,4)5/h22-34,42-43H,8-21H2,1-7H3,(H,38,44)(H,39,45)/t22-,23-,24?,25?,26?,27+,28?,29-,30-,31-,32-,33-,34?/m0/s1. The monoisotopic (exact) mass is 662 g/mol. The molecule has 4 N–H and O–H groups in total. The van der Waals surface area contributed by atoms with Crippen LogP contribution in [0.25, 0.3) is 0 Å². The molecule has 270 valence electrons. The molecule has 6 aliphatic rings. The number of hydrogen-bond donors (Lipinski definition) is 4. The third-order valence-corrected chi connectivity index (χ3v) is 13.4. The van der Waals surface area contributed by atoms with E-state index in [-0.39, 0.29) is 42.4 Å². The molecule has 2 bridgehead atoms. The van der Waals surface area contributed by atoms with Gasteiger partial charge >= 0.3 is 0 Å². The molecule has 0 spiro atoms. The number of aliphatic hydroxyl groups excluding tert-OH is 2. The molecular weight excluding hydrogens is 596 g/mol. The second kappa shape index (κ2) is 15.7. The number of carbonyl (C=O) groups is 2. The summed E-state index contributed by atoms with van der Waals surface area (Å²) in [5.74, 6) is 2.14. The van der Waals surface area contributed by atoms with Crippen LogP contribution in [0.15, 0.2) is 0 Å². The van der Waals surface area contributed by atoms with E-state index in [0.29, 0.717) is 54.7 Å². The third-order valence-electron chi connectivity index (χ3n) is 13.4. The summed E-state index contributed by atoms with van der Waals surface area (Å²) in [6, 6.07) is -0.572. The maximum Gasteiger partial charge on any atom is 0.240 e. The van der Waals surface area contributed by atoms with Crippen molar-refractivity contribution in [2.75, 3.05) is 46.9 Å². The minimum Gasteiger partial charge on any atom is -0.394 e. The zero-order valence-electron chi connectivity index (χ0n) is 30.3. The van der Waals surface area contributed by atoms with Gasteiger partial charge in [-0.3, -0.25) is 14.4 Å². The molecule has 5 saturated carbocycles. The number of rotatable bonds is 13. The summed E-state index contributed by atoms with van der Waals surface area (Å²) in [5, 5.41) is 29.6. The number of ether oxygens (including phenoxy) is 1. The Balaban J connectivity index is 1.28. The normalized spacial score (nSPS) is 40.9. The van der Waals surface area contributed by atoms with Gasteiger partial charge in [-0.15, -0.1) is 0 Å². The lowest BCUT2D eigenvalue weighted by atomic mass is 9.45. The summed E-state index contributed by atoms with van der Waals surface area (Å²) in [7, 11) is 4.04. The van der Waals surface area contributed by atoms with Crippen LogP contribution in [0.2, 0.25) is 0 Å². The second-order valence-corrected chi connectivity index (χ2v) is 16.8. The highest BCUT2D eigenvalue weighted by molar-refractivity contribution is 5.83. The van der Waals surface area contributed by atoms with Crippen LogP contribution in [0.4, 0.5) is 0 Å². The van der Waals surface area contributed by atoms with Gasteiger partial charge in [0.15, 0.2) is 0 Å². The highest BCUT2D eigenvalue weighted by Gasteiger charge is 2.57. The smallest absolute Gasteiger partial charge is 0.240 e. The first kappa shape index (κ1) is 37.0. The predicted octanol–water partition coefficient (Wildman–Crippen LogP) is 3.45. The van der Waals surface area contributed by atoms with Gasteiger partial charge in [0, 0.05) is 50.0 Å². The predicted molar refractivity (Wildman–Crippen MR) is 182 cm³/mol. The summed E-state index contributed by atoms with van der Waals surface area (Å²) < 4.78 is 6.57. The first-order valence-electron chi connectivity index (χ1n) is 18.9. The number of hydrogen-bond acceptors (Lipinski definition) is 8. The van der Waals surface area contributed by atoms with Gasteiger partial charge in [-0.2, -0.15) is 5.06 Å². The van der Waals surface area contributed by atoms with Crippen LogP contribution in [-0.4, -0.2) is 109 Å². The van der Waals surface area contributed by atoms with E-state index in [1.165, 1.54) is 6.42 Å². The molecule has 0 aromatic rings. The molecule has 13 atom stereocenters. The van der Waals surface area contributed by atoms with E-state index in [4.69, 9.17) is 9.57 Å². The largest absolute Gasteiger partial charge is 0.394 e. The SMILES string of the molecule is CCOC1C(CN2O[C@@H](CO)[C@H]([C@H](C)O)[C@H]2C(=O)N[C@H]2C[C@H]3C[C@@H]([C@@H]2C)C3(C)C)CCCC1C1CCCC(C(=O)NCCN(C)C)C1. The maximum absolute atomic E-state index is 14.2. The van der Waals surface area contributed by atoms with Crippen LogP contribution in [0.5, 0.6) is 0 Å². The Morgan fingerprint density at radius 1 is 1.09 bits per heavy atom. The molecule has 2 amide bonds. The Hall–Kier alpha value is -1.30. The average molecular weight is 663 g/mol. The number of fused-ring (bicyclic) bond motifs is 2. The van der Waals surface area contributed by atoms with Crippen LogP contribution in [0, 0.1) is 52.8 Å². The first-order valence-corrected chi connectivity index (χ1v) is 18.9. The fourth-order valence-electron chi connectivity index (χ4n) is 10.6. The summed E-state index contributed by atoms with van der Waals surface area (Å²) >= 11 is 0. The average Bonchev–Trinajstić information content (AvgIpc) is 3.41. The molecule has 10 heteroatoms. The molecule has 1 aliphatic heterocycles. The number of amides is 2. The quantitative estimate of drug-likeness (QED) is 0.237. The van der Waals surface area contributed by atoms with Crippen molar-refractivity contribution in [3.63, 3.8) is 0 Å². The highest BCUT2D eigenvalue weighted by atomic mass is 16.7. The third kappa shape index (κ3) is 7.88. The van der Waals surface area contributed by atoms with Crippen LogP contribution in [0.3, 0.4) is 0 Å². The topological polar surface area (TPSA) is 124 Å². The first-order chi connectivity index (χ1) is 22.4. The Bertz CT molecular complexity index is 1060. The minimum atomic E-state index is -0.811. The Labute approximate surface area is 284 Å². The highest BCUT2D eigenvalue weighted by Crippen LogP contribution is 2.61. The molecule has 10 nitrogen and oxygen atoms in total. The molecule has 6 fully saturated rings. The van der Waals surface area contributed by atoms with Crippen molar-refractivity contribution in [2.24, 2.45) is 52.8 Å². The zero-order chi connectivity index (χ0) is 34.0. The van der Waals surface area contributed by atoms with Crippen LogP contribution in [0.1, 0.15) is 92.4 Å². The van der Waals surface area contributed by atoms with Crippen LogP contribution >= 0.6 is 0 Å². The van der Waals surface area contributed by atoms with Gasteiger partial charge in [-0.25, -0.2) is 0 Å². The molecule has 0 aromatic heterocycles. The van der Waals surface area contributed by atoms with Gasteiger partial charge < -0.3 is 30.5 Å². The molecule has 6 rings (SSSR count). The van der Waals surface area contributed by atoms with Crippen molar-refractivity contribution in [1.29, 1.82) is 0 Å². The van der Waals surface area contributed by atoms with Crippen molar-refractivity contribution in [2.45, 2.75) is 123 Å². The summed E-state index contributed by atoms with van der Waals surface area (Å²) in [4.78, 5) is 35.8. The lowest BCUT2D eigenvalue weighted by molar-refractivity contribution is -0.194. The molecule has 47 heavy (non-hydrogen) atoms. The molecule has 0 aromatic carbocycles. The second-order valence-electron chi connectivity index (χ2n) is 16.8. The van der Waals surface area contributed by atoms with Crippen molar-refractivity contribution < 1.29 is 29.4 Å². The zero-order valence-corrected chi connectivity index (χ0v) is 30.3. The molecule has 5 aliphatic carbocycles. The molecule has 1 saturated heterocycles. The molecular formula is C37H66N4O6. The fourth-order valence-corrected chi connectivity index (χ4v) is 10.6. The Morgan fingerprint density at radius 3 is 2.47 bits per heavy atom. The van der Waals surface area contributed by atoms with Crippen molar-refractivity contribution >= 4 is 11.8 Å². The summed E-state index contributed by atoms with van der Waals surface area (Å²) in [5.41, 5.74) is 0.327. The minimum absolute atomic E-state index is 0.00694. The number of carbonyl (C=O) groups excluding carboxylic acids is 2. The number of hydroxylamine groups is 2. The van der Waals surface area contributed by atoms with Crippen LogP contribution in [-0.2, 0) is 19.2 Å². The van der Waals surface area contributed by atoms with E-state index in [9.17, 15) is 19.8 Å². The van der Waals surface area contributed by atoms with E-state index in [1.807, 2.05) is 14.1 Å². The van der Waals surface area contributed by atoms with Gasteiger partial charge in [0.25, 0.3) is 0 Å². The van der Waals surface area contributed by atoms with E-state index in [2.05, 4.69) is 43.2 Å². The van der Waals surface area contributed by atoms with Crippen LogP contribution < -0.4 is 10.6 Å². The maximum atomic E-state index is 14.2.